The molecule has 9 heteroatoms. The molecule has 2 aromatic carbocycles. The molecule has 0 aliphatic carbocycles. The van der Waals surface area contributed by atoms with Crippen molar-refractivity contribution in [3.63, 3.8) is 0 Å². The molecular weight excluding hydrogens is 363 g/mol. The van der Waals surface area contributed by atoms with Crippen molar-refractivity contribution in [1.29, 1.82) is 0 Å². The van der Waals surface area contributed by atoms with Crippen LogP contribution >= 0.6 is 0 Å². The molecule has 142 valence electrons. The second-order valence-corrected chi connectivity index (χ2v) is 6.43. The molecule has 0 bridgehead atoms. The van der Waals surface area contributed by atoms with Gasteiger partial charge in [0, 0.05) is 18.5 Å². The summed E-state index contributed by atoms with van der Waals surface area (Å²) in [6.45, 7) is 0.0930. The van der Waals surface area contributed by atoms with Crippen molar-refractivity contribution in [3.05, 3.63) is 60.4 Å². The largest absolute Gasteiger partial charge is 0.349 e. The van der Waals surface area contributed by atoms with Crippen LogP contribution in [0.5, 0.6) is 0 Å². The highest BCUT2D eigenvalue weighted by atomic mass is 19.1. The van der Waals surface area contributed by atoms with E-state index in [2.05, 4.69) is 20.7 Å². The summed E-state index contributed by atoms with van der Waals surface area (Å²) < 4.78 is 13.9. The molecule has 1 unspecified atom stereocenters. The van der Waals surface area contributed by atoms with Gasteiger partial charge in [-0.3, -0.25) is 9.59 Å². The Morgan fingerprint density at radius 2 is 1.89 bits per heavy atom. The summed E-state index contributed by atoms with van der Waals surface area (Å²) in [6, 6.07) is 15.0. The van der Waals surface area contributed by atoms with Crippen molar-refractivity contribution in [2.75, 3.05) is 11.4 Å². The summed E-state index contributed by atoms with van der Waals surface area (Å²) in [5, 5.41) is 14.8. The van der Waals surface area contributed by atoms with E-state index in [4.69, 9.17) is 0 Å². The van der Waals surface area contributed by atoms with Crippen LogP contribution in [0.3, 0.4) is 0 Å². The predicted octanol–water partition coefficient (Wildman–Crippen LogP) is 1.40. The molecule has 28 heavy (non-hydrogen) atoms. The number of para-hydroxylation sites is 1. The highest BCUT2D eigenvalue weighted by molar-refractivity contribution is 5.97. The van der Waals surface area contributed by atoms with Crippen LogP contribution in [0, 0.1) is 5.82 Å². The van der Waals surface area contributed by atoms with Crippen LogP contribution in [0.4, 0.5) is 10.1 Å². The van der Waals surface area contributed by atoms with Crippen molar-refractivity contribution >= 4 is 17.5 Å². The Hall–Kier alpha value is -3.62. The van der Waals surface area contributed by atoms with Crippen molar-refractivity contribution in [3.8, 4) is 11.4 Å². The van der Waals surface area contributed by atoms with E-state index in [9.17, 15) is 14.0 Å². The van der Waals surface area contributed by atoms with Gasteiger partial charge in [0.05, 0.1) is 11.7 Å². The van der Waals surface area contributed by atoms with Crippen LogP contribution in [0.25, 0.3) is 11.4 Å². The summed E-state index contributed by atoms with van der Waals surface area (Å²) >= 11 is 0. The first-order chi connectivity index (χ1) is 13.6. The quantitative estimate of drug-likeness (QED) is 0.722. The fraction of sp³-hybridized carbons (Fsp3) is 0.211. The molecule has 0 spiro atoms. The highest BCUT2D eigenvalue weighted by Gasteiger charge is 2.32. The number of nitrogens with zero attached hydrogens (tertiary/aromatic N) is 5. The van der Waals surface area contributed by atoms with Crippen molar-refractivity contribution in [2.24, 2.45) is 0 Å². The first kappa shape index (κ1) is 17.8. The Kier molecular flexibility index (Phi) is 4.79. The van der Waals surface area contributed by atoms with Gasteiger partial charge in [0.2, 0.25) is 17.6 Å². The molecule has 0 radical (unpaired) electrons. The van der Waals surface area contributed by atoms with E-state index in [1.807, 2.05) is 30.3 Å². The van der Waals surface area contributed by atoms with Crippen LogP contribution in [0.15, 0.2) is 54.6 Å². The Bertz CT molecular complexity index is 1010. The van der Waals surface area contributed by atoms with Crippen LogP contribution in [0.1, 0.15) is 6.42 Å². The maximum absolute atomic E-state index is 13.9. The van der Waals surface area contributed by atoms with Crippen LogP contribution in [-0.4, -0.2) is 44.6 Å². The fourth-order valence-electron chi connectivity index (χ4n) is 3.12. The number of halogens is 1. The van der Waals surface area contributed by atoms with Gasteiger partial charge in [-0.2, -0.15) is 4.80 Å². The predicted molar refractivity (Wildman–Crippen MR) is 98.6 cm³/mol. The van der Waals surface area contributed by atoms with Gasteiger partial charge < -0.3 is 10.2 Å². The number of hydrogen-bond donors (Lipinski definition) is 1. The lowest BCUT2D eigenvalue weighted by Crippen LogP contribution is -2.39. The molecule has 1 N–H and O–H groups in total. The van der Waals surface area contributed by atoms with Gasteiger partial charge in [0.25, 0.3) is 0 Å². The van der Waals surface area contributed by atoms with Crippen molar-refractivity contribution in [1.82, 2.24) is 25.5 Å². The molecule has 1 aromatic heterocycles. The monoisotopic (exact) mass is 380 g/mol. The summed E-state index contributed by atoms with van der Waals surface area (Å²) in [7, 11) is 0. The Balaban J connectivity index is 1.37. The number of aromatic nitrogens is 4. The van der Waals surface area contributed by atoms with Gasteiger partial charge in [0.1, 0.15) is 12.4 Å². The first-order valence-electron chi connectivity index (χ1n) is 8.77. The lowest BCUT2D eigenvalue weighted by atomic mass is 10.2. The van der Waals surface area contributed by atoms with Crippen molar-refractivity contribution in [2.45, 2.75) is 19.0 Å². The number of carbonyl (C=O) groups excluding carboxylic acids is 2. The van der Waals surface area contributed by atoms with E-state index in [1.54, 1.807) is 18.2 Å². The number of tetrazole rings is 1. The van der Waals surface area contributed by atoms with Gasteiger partial charge >= 0.3 is 0 Å². The van der Waals surface area contributed by atoms with E-state index in [1.165, 1.54) is 15.8 Å². The van der Waals surface area contributed by atoms with E-state index in [0.717, 1.165) is 5.56 Å². The van der Waals surface area contributed by atoms with E-state index in [0.29, 0.717) is 5.82 Å². The molecule has 1 saturated heterocycles. The fourth-order valence-corrected chi connectivity index (χ4v) is 3.12. The standard InChI is InChI=1S/C19H17FN6O2/c20-15-8-4-5-9-16(15)25-11-14(10-18(25)28)21-17(27)12-26-23-19(22-24-26)13-6-2-1-3-7-13/h1-9,14H,10-12H2,(H,21,27). The van der Waals surface area contributed by atoms with Gasteiger partial charge in [-0.1, -0.05) is 42.5 Å². The number of anilines is 1. The summed E-state index contributed by atoms with van der Waals surface area (Å²) in [5.74, 6) is -0.621. The Labute approximate surface area is 160 Å². The number of nitrogens with one attached hydrogen (secondary N) is 1. The smallest absolute Gasteiger partial charge is 0.243 e. The van der Waals surface area contributed by atoms with E-state index in [-0.39, 0.29) is 37.0 Å². The van der Waals surface area contributed by atoms with Gasteiger partial charge in [0.15, 0.2) is 0 Å². The molecule has 0 saturated carbocycles. The molecule has 4 rings (SSSR count). The minimum Gasteiger partial charge on any atom is -0.349 e. The molecule has 1 atom stereocenters. The first-order valence-corrected chi connectivity index (χ1v) is 8.77. The number of hydrogen-bond acceptors (Lipinski definition) is 5. The zero-order chi connectivity index (χ0) is 19.5. The SMILES string of the molecule is O=C(Cn1nnc(-c2ccccc2)n1)NC1CC(=O)N(c2ccccc2F)C1. The number of carbonyl (C=O) groups is 2. The average Bonchev–Trinajstić information content (AvgIpc) is 3.29. The Morgan fingerprint density at radius 3 is 2.68 bits per heavy atom. The highest BCUT2D eigenvalue weighted by Crippen LogP contribution is 2.24. The second-order valence-electron chi connectivity index (χ2n) is 6.43. The third kappa shape index (κ3) is 3.73. The summed E-state index contributed by atoms with van der Waals surface area (Å²) in [4.78, 5) is 27.0. The van der Waals surface area contributed by atoms with Crippen molar-refractivity contribution < 1.29 is 14.0 Å². The third-order valence-electron chi connectivity index (χ3n) is 4.40. The lowest BCUT2D eigenvalue weighted by molar-refractivity contribution is -0.122. The summed E-state index contributed by atoms with van der Waals surface area (Å²) in [5.41, 5.74) is 1.02. The minimum atomic E-state index is -0.469. The van der Waals surface area contributed by atoms with Crippen LogP contribution in [-0.2, 0) is 16.1 Å². The molecule has 1 aliphatic rings. The lowest BCUT2D eigenvalue weighted by Gasteiger charge is -2.17. The molecule has 1 fully saturated rings. The summed E-state index contributed by atoms with van der Waals surface area (Å²) in [6.07, 6.45) is 0.111. The Morgan fingerprint density at radius 1 is 1.14 bits per heavy atom. The molecule has 2 amide bonds. The zero-order valence-corrected chi connectivity index (χ0v) is 14.8. The normalized spacial score (nSPS) is 16.4. The molecule has 2 heterocycles. The third-order valence-corrected chi connectivity index (χ3v) is 4.40. The van der Waals surface area contributed by atoms with Crippen LogP contribution in [0.2, 0.25) is 0 Å². The second kappa shape index (κ2) is 7.55. The average molecular weight is 380 g/mol. The molecule has 1 aliphatic heterocycles. The van der Waals surface area contributed by atoms with Crippen LogP contribution < -0.4 is 10.2 Å². The van der Waals surface area contributed by atoms with Gasteiger partial charge in [-0.15, -0.1) is 10.2 Å². The maximum atomic E-state index is 13.9. The van der Waals surface area contributed by atoms with Gasteiger partial charge in [-0.05, 0) is 17.3 Å². The number of amides is 2. The minimum absolute atomic E-state index is 0.111. The number of benzene rings is 2. The van der Waals surface area contributed by atoms with E-state index >= 15 is 0 Å². The van der Waals surface area contributed by atoms with E-state index < -0.39 is 11.9 Å². The molecule has 8 nitrogen and oxygen atoms in total. The zero-order valence-electron chi connectivity index (χ0n) is 14.8. The maximum Gasteiger partial charge on any atom is 0.243 e. The molecular formula is C19H17FN6O2. The van der Waals surface area contributed by atoms with Gasteiger partial charge in [-0.25, -0.2) is 4.39 Å². The number of rotatable bonds is 5. The topological polar surface area (TPSA) is 93.0 Å². The molecule has 3 aromatic rings.